The Morgan fingerprint density at radius 3 is 2.83 bits per heavy atom. The van der Waals surface area contributed by atoms with Crippen LogP contribution in [0, 0.1) is 11.7 Å². The van der Waals surface area contributed by atoms with E-state index >= 15 is 0 Å². The van der Waals surface area contributed by atoms with Crippen molar-refractivity contribution in [3.05, 3.63) is 41.1 Å². The molecule has 0 radical (unpaired) electrons. The second-order valence-electron chi connectivity index (χ2n) is 6.73. The number of carbonyl (C=O) groups excluding carboxylic acids is 1. The van der Waals surface area contributed by atoms with E-state index in [1.54, 1.807) is 6.08 Å². The molecule has 11 heteroatoms. The molecular formula is C18H21ClFN5O3S. The van der Waals surface area contributed by atoms with Gasteiger partial charge in [0.1, 0.15) is 22.4 Å². The van der Waals surface area contributed by atoms with Crippen molar-refractivity contribution in [3.8, 4) is 11.5 Å². The summed E-state index contributed by atoms with van der Waals surface area (Å²) >= 11 is 6.31. The van der Waals surface area contributed by atoms with Crippen molar-refractivity contribution in [3.63, 3.8) is 0 Å². The lowest BCUT2D eigenvalue weighted by Gasteiger charge is -2.30. The van der Waals surface area contributed by atoms with Crippen LogP contribution in [0.4, 0.5) is 4.39 Å². The van der Waals surface area contributed by atoms with Crippen LogP contribution in [0.3, 0.4) is 0 Å². The third kappa shape index (κ3) is 4.82. The van der Waals surface area contributed by atoms with E-state index < -0.39 is 15.8 Å². The van der Waals surface area contributed by atoms with Crippen LogP contribution in [-0.4, -0.2) is 59.5 Å². The Labute approximate surface area is 173 Å². The van der Waals surface area contributed by atoms with Gasteiger partial charge in [0.25, 0.3) is 0 Å². The predicted octanol–water partition coefficient (Wildman–Crippen LogP) is 2.07. The average Bonchev–Trinajstić information content (AvgIpc) is 3.08. The van der Waals surface area contributed by atoms with Crippen molar-refractivity contribution < 1.29 is 17.6 Å². The van der Waals surface area contributed by atoms with E-state index in [4.69, 9.17) is 11.6 Å². The van der Waals surface area contributed by atoms with E-state index in [0.717, 1.165) is 11.8 Å². The molecule has 1 aliphatic rings. The summed E-state index contributed by atoms with van der Waals surface area (Å²) in [6.45, 7) is 2.31. The maximum absolute atomic E-state index is 13.1. The number of halogens is 2. The summed E-state index contributed by atoms with van der Waals surface area (Å²) in [5.74, 6) is -0.772. The first kappa shape index (κ1) is 21.4. The van der Waals surface area contributed by atoms with Crippen LogP contribution in [0.25, 0.3) is 17.1 Å². The molecule has 3 rings (SSSR count). The summed E-state index contributed by atoms with van der Waals surface area (Å²) in [5, 5.41) is 2.72. The smallest absolute Gasteiger partial charge is 0.220 e. The third-order valence-corrected chi connectivity index (χ3v) is 6.76. The van der Waals surface area contributed by atoms with Gasteiger partial charge in [-0.05, 0) is 23.6 Å². The van der Waals surface area contributed by atoms with Crippen LogP contribution in [0.5, 0.6) is 0 Å². The first-order valence-electron chi connectivity index (χ1n) is 8.97. The van der Waals surface area contributed by atoms with E-state index in [-0.39, 0.29) is 37.1 Å². The Kier molecular flexibility index (Phi) is 6.35. The molecule has 156 valence electrons. The largest absolute Gasteiger partial charge is 0.359 e. The van der Waals surface area contributed by atoms with Crippen molar-refractivity contribution >= 4 is 33.1 Å². The molecule has 0 saturated heterocycles. The summed E-state index contributed by atoms with van der Waals surface area (Å²) in [6.07, 6.45) is 2.78. The molecule has 1 amide bonds. The van der Waals surface area contributed by atoms with Gasteiger partial charge in [0.15, 0.2) is 5.82 Å². The van der Waals surface area contributed by atoms with Crippen molar-refractivity contribution in [2.24, 2.45) is 5.92 Å². The number of rotatable bonds is 6. The minimum atomic E-state index is -3.56. The number of pyridine rings is 1. The van der Waals surface area contributed by atoms with Gasteiger partial charge in [-0.25, -0.2) is 22.8 Å². The molecule has 1 atom stereocenters. The Morgan fingerprint density at radius 2 is 2.21 bits per heavy atom. The lowest BCUT2D eigenvalue weighted by atomic mass is 9.95. The van der Waals surface area contributed by atoms with E-state index in [2.05, 4.69) is 20.3 Å². The number of nitrogens with zero attached hydrogens (tertiary/aromatic N) is 3. The molecule has 2 aromatic heterocycles. The summed E-state index contributed by atoms with van der Waals surface area (Å²) in [5.41, 5.74) is 1.78. The van der Waals surface area contributed by atoms with Crippen molar-refractivity contribution in [1.29, 1.82) is 0 Å². The van der Waals surface area contributed by atoms with Crippen LogP contribution >= 0.6 is 11.6 Å². The summed E-state index contributed by atoms with van der Waals surface area (Å²) in [7, 11) is -2.09. The number of hydrogen-bond donors (Lipinski definition) is 2. The van der Waals surface area contributed by atoms with Crippen LogP contribution < -0.4 is 5.32 Å². The number of aromatic amines is 1. The van der Waals surface area contributed by atoms with Crippen molar-refractivity contribution in [1.82, 2.24) is 24.6 Å². The quantitative estimate of drug-likeness (QED) is 0.713. The van der Waals surface area contributed by atoms with Gasteiger partial charge in [-0.3, -0.25) is 4.79 Å². The number of nitrogens with one attached hydrogen (secondary N) is 2. The van der Waals surface area contributed by atoms with Gasteiger partial charge in [-0.2, -0.15) is 4.31 Å². The fraction of sp³-hybridized carbons (Fsp3) is 0.389. The molecule has 2 N–H and O–H groups in total. The van der Waals surface area contributed by atoms with Gasteiger partial charge in [0.2, 0.25) is 15.9 Å². The maximum atomic E-state index is 13.1. The molecule has 0 aromatic carbocycles. The average molecular weight is 442 g/mol. The van der Waals surface area contributed by atoms with Gasteiger partial charge in [0, 0.05) is 26.6 Å². The molecule has 2 aromatic rings. The van der Waals surface area contributed by atoms with Crippen LogP contribution in [0.15, 0.2) is 24.4 Å². The molecule has 3 heterocycles. The number of amides is 1. The first-order valence-corrected chi connectivity index (χ1v) is 11.0. The Morgan fingerprint density at radius 1 is 1.45 bits per heavy atom. The van der Waals surface area contributed by atoms with E-state index in [1.165, 1.54) is 23.5 Å². The van der Waals surface area contributed by atoms with Crippen LogP contribution in [0.2, 0.25) is 5.15 Å². The van der Waals surface area contributed by atoms with E-state index in [9.17, 15) is 17.6 Å². The van der Waals surface area contributed by atoms with Gasteiger partial charge < -0.3 is 10.3 Å². The topological polar surface area (TPSA) is 108 Å². The lowest BCUT2D eigenvalue weighted by Crippen LogP contribution is -2.40. The normalized spacial score (nSPS) is 17.8. The zero-order valence-electron chi connectivity index (χ0n) is 15.9. The monoisotopic (exact) mass is 441 g/mol. The maximum Gasteiger partial charge on any atom is 0.220 e. The molecule has 1 aliphatic heterocycles. The zero-order valence-corrected chi connectivity index (χ0v) is 17.5. The highest BCUT2D eigenvalue weighted by atomic mass is 35.5. The van der Waals surface area contributed by atoms with Gasteiger partial charge >= 0.3 is 0 Å². The van der Waals surface area contributed by atoms with Gasteiger partial charge in [0.05, 0.1) is 11.9 Å². The number of aromatic nitrogens is 3. The molecule has 0 aliphatic carbocycles. The summed E-state index contributed by atoms with van der Waals surface area (Å²) in [6, 6.07) is 2.77. The minimum absolute atomic E-state index is 0.0838. The Bertz CT molecular complexity index is 1040. The number of carbonyl (C=O) groups is 1. The highest BCUT2D eigenvalue weighted by molar-refractivity contribution is 7.89. The molecule has 0 spiro atoms. The highest BCUT2D eigenvalue weighted by Gasteiger charge is 2.30. The minimum Gasteiger partial charge on any atom is -0.359 e. The third-order valence-electron chi connectivity index (χ3n) is 4.69. The molecular weight excluding hydrogens is 421 g/mol. The second kappa shape index (κ2) is 8.60. The Hall–Kier alpha value is -2.30. The fourth-order valence-electron chi connectivity index (χ4n) is 3.09. The fourth-order valence-corrected chi connectivity index (χ4v) is 4.79. The molecule has 8 nitrogen and oxygen atoms in total. The van der Waals surface area contributed by atoms with Crippen molar-refractivity contribution in [2.75, 3.05) is 25.9 Å². The van der Waals surface area contributed by atoms with E-state index in [1.807, 2.05) is 6.92 Å². The van der Waals surface area contributed by atoms with Crippen LogP contribution in [0.1, 0.15) is 19.0 Å². The van der Waals surface area contributed by atoms with Gasteiger partial charge in [-0.15, -0.1) is 0 Å². The number of hydrogen-bond acceptors (Lipinski definition) is 5. The number of H-pyrrole nitrogens is 1. The molecule has 0 fully saturated rings. The standard InChI is InChI=1S/C18H21ClFN5O3S/c1-11-10-25(29(27,28)8-6-15(26)21-2)7-5-13(11)16-17(19)24-18(23-16)14-4-3-12(20)9-22-14/h3-5,9,11H,6-8,10H2,1-2H3,(H,21,26)(H,23,24)/t11-/m1/s1. The molecule has 0 saturated carbocycles. The van der Waals surface area contributed by atoms with E-state index in [0.29, 0.717) is 22.4 Å². The van der Waals surface area contributed by atoms with Crippen LogP contribution in [-0.2, 0) is 14.8 Å². The number of imidazole rings is 1. The predicted molar refractivity (Wildman–Crippen MR) is 108 cm³/mol. The second-order valence-corrected chi connectivity index (χ2v) is 9.19. The summed E-state index contributed by atoms with van der Waals surface area (Å²) < 4.78 is 39.4. The Balaban J connectivity index is 1.79. The van der Waals surface area contributed by atoms with Gasteiger partial charge in [-0.1, -0.05) is 24.6 Å². The van der Waals surface area contributed by atoms with Crippen molar-refractivity contribution in [2.45, 2.75) is 13.3 Å². The SMILES string of the molecule is CNC(=O)CCS(=O)(=O)N1CC=C(c2nc(-c3ccc(F)cn3)[nH]c2Cl)[C@H](C)C1. The summed E-state index contributed by atoms with van der Waals surface area (Å²) in [4.78, 5) is 22.8. The number of sulfonamides is 1. The zero-order chi connectivity index (χ0) is 21.2. The molecule has 29 heavy (non-hydrogen) atoms. The highest BCUT2D eigenvalue weighted by Crippen LogP contribution is 2.33. The molecule has 0 unspecified atom stereocenters. The lowest BCUT2D eigenvalue weighted by molar-refractivity contribution is -0.120. The molecule has 0 bridgehead atoms. The first-order chi connectivity index (χ1) is 13.7.